The highest BCUT2D eigenvalue weighted by Crippen LogP contribution is 2.35. The molecular weight excluding hydrogens is 368 g/mol. The smallest absolute Gasteiger partial charge is 0.325 e. The molecule has 7 nitrogen and oxygen atoms in total. The van der Waals surface area contributed by atoms with Crippen molar-refractivity contribution < 1.29 is 23.8 Å². The van der Waals surface area contributed by atoms with Crippen LogP contribution >= 0.6 is 23.8 Å². The minimum Gasteiger partial charge on any atom is -0.493 e. The Kier molecular flexibility index (Phi) is 5.86. The maximum absolute atomic E-state index is 12.6. The van der Waals surface area contributed by atoms with E-state index in [4.69, 9.17) is 33.3 Å². The van der Waals surface area contributed by atoms with Crippen LogP contribution in [-0.2, 0) is 14.3 Å². The molecule has 0 saturated carbocycles. The number of methoxy groups -OCH3 is 3. The van der Waals surface area contributed by atoms with E-state index in [0.29, 0.717) is 22.1 Å². The third-order valence-corrected chi connectivity index (χ3v) is 4.48. The third-order valence-electron chi connectivity index (χ3n) is 3.65. The molecule has 0 radical (unpaired) electrons. The van der Waals surface area contributed by atoms with Gasteiger partial charge in [-0.2, -0.15) is 0 Å². The van der Waals surface area contributed by atoms with Gasteiger partial charge < -0.3 is 19.1 Å². The van der Waals surface area contributed by atoms with Crippen LogP contribution in [0.4, 0.5) is 0 Å². The predicted molar refractivity (Wildman–Crippen MR) is 96.6 cm³/mol. The van der Waals surface area contributed by atoms with Gasteiger partial charge in [0.05, 0.1) is 26.4 Å². The predicted octanol–water partition coefficient (Wildman–Crippen LogP) is 1.93. The molecule has 1 aliphatic rings. The molecule has 1 aromatic carbocycles. The van der Waals surface area contributed by atoms with Gasteiger partial charge in [-0.15, -0.1) is 0 Å². The van der Waals surface area contributed by atoms with Gasteiger partial charge in [-0.1, -0.05) is 11.6 Å². The number of rotatable bonds is 5. The molecule has 0 atom stereocenters. The van der Waals surface area contributed by atoms with Crippen molar-refractivity contribution in [3.63, 3.8) is 0 Å². The molecule has 0 aromatic heterocycles. The van der Waals surface area contributed by atoms with Gasteiger partial charge in [0, 0.05) is 13.1 Å². The zero-order valence-corrected chi connectivity index (χ0v) is 15.7. The van der Waals surface area contributed by atoms with E-state index in [2.05, 4.69) is 4.74 Å². The Morgan fingerprint density at radius 2 is 1.84 bits per heavy atom. The zero-order valence-electron chi connectivity index (χ0n) is 14.2. The number of carbonyl (C=O) groups excluding carboxylic acids is 2. The first-order chi connectivity index (χ1) is 11.8. The summed E-state index contributed by atoms with van der Waals surface area (Å²) in [6.07, 6.45) is 1.58. The van der Waals surface area contributed by atoms with Crippen LogP contribution in [0, 0.1) is 0 Å². The maximum atomic E-state index is 12.6. The Morgan fingerprint density at radius 1 is 1.24 bits per heavy atom. The van der Waals surface area contributed by atoms with E-state index in [1.807, 2.05) is 0 Å². The van der Waals surface area contributed by atoms with Crippen LogP contribution in [0.25, 0.3) is 6.08 Å². The van der Waals surface area contributed by atoms with Gasteiger partial charge in [-0.25, -0.2) is 0 Å². The van der Waals surface area contributed by atoms with Crippen molar-refractivity contribution in [3.05, 3.63) is 28.4 Å². The molecule has 1 heterocycles. The van der Waals surface area contributed by atoms with Crippen molar-refractivity contribution in [3.8, 4) is 11.5 Å². The molecule has 134 valence electrons. The molecule has 0 aliphatic carbocycles. The van der Waals surface area contributed by atoms with Crippen LogP contribution in [0.1, 0.15) is 5.56 Å². The number of nitrogens with zero attached hydrogens (tertiary/aromatic N) is 2. The average Bonchev–Trinajstić information content (AvgIpc) is 2.80. The second-order valence-corrected chi connectivity index (χ2v) is 5.84. The lowest BCUT2D eigenvalue weighted by atomic mass is 10.1. The molecule has 25 heavy (non-hydrogen) atoms. The number of ether oxygens (including phenoxy) is 3. The van der Waals surface area contributed by atoms with Gasteiger partial charge in [-0.3, -0.25) is 14.5 Å². The van der Waals surface area contributed by atoms with Gasteiger partial charge in [0.2, 0.25) is 0 Å². The fourth-order valence-electron chi connectivity index (χ4n) is 2.27. The number of esters is 1. The van der Waals surface area contributed by atoms with Crippen molar-refractivity contribution in [2.75, 3.05) is 34.9 Å². The molecule has 0 spiro atoms. The number of hydrogen-bond donors (Lipinski definition) is 0. The highest BCUT2D eigenvalue weighted by atomic mass is 35.5. The molecule has 0 bridgehead atoms. The Bertz CT molecular complexity index is 765. The van der Waals surface area contributed by atoms with E-state index in [-0.39, 0.29) is 17.4 Å². The first kappa shape index (κ1) is 19.0. The summed E-state index contributed by atoms with van der Waals surface area (Å²) in [5.41, 5.74) is 0.834. The van der Waals surface area contributed by atoms with E-state index in [1.54, 1.807) is 25.3 Å². The van der Waals surface area contributed by atoms with E-state index in [0.717, 1.165) is 0 Å². The first-order valence-corrected chi connectivity index (χ1v) is 7.92. The van der Waals surface area contributed by atoms with Gasteiger partial charge in [-0.05, 0) is 29.9 Å². The number of thiocarbonyl (C=S) groups is 1. The number of likely N-dealkylation sites (N-methyl/N-ethyl adjacent to an activating group) is 1. The van der Waals surface area contributed by atoms with E-state index in [9.17, 15) is 9.59 Å². The quantitative estimate of drug-likeness (QED) is 0.436. The fourth-order valence-corrected chi connectivity index (χ4v) is 2.73. The maximum Gasteiger partial charge on any atom is 0.325 e. The Labute approximate surface area is 155 Å². The van der Waals surface area contributed by atoms with Gasteiger partial charge in [0.25, 0.3) is 5.91 Å². The third kappa shape index (κ3) is 3.69. The minimum atomic E-state index is -0.561. The number of benzene rings is 1. The fraction of sp³-hybridized carbons (Fsp3) is 0.312. The molecule has 1 fully saturated rings. The Morgan fingerprint density at radius 3 is 2.40 bits per heavy atom. The summed E-state index contributed by atoms with van der Waals surface area (Å²) in [5.74, 6) is -0.0253. The number of halogens is 1. The van der Waals surface area contributed by atoms with E-state index < -0.39 is 11.9 Å². The highest BCUT2D eigenvalue weighted by Gasteiger charge is 2.37. The number of hydrogen-bond acceptors (Lipinski definition) is 6. The molecule has 2 rings (SSSR count). The normalized spacial score (nSPS) is 15.8. The Hall–Kier alpha value is -2.32. The van der Waals surface area contributed by atoms with Crippen LogP contribution in [0.5, 0.6) is 11.5 Å². The van der Waals surface area contributed by atoms with Crippen LogP contribution in [0.3, 0.4) is 0 Å². The summed E-state index contributed by atoms with van der Waals surface area (Å²) >= 11 is 11.5. The first-order valence-electron chi connectivity index (χ1n) is 7.13. The van der Waals surface area contributed by atoms with Crippen molar-refractivity contribution >= 4 is 46.9 Å². The topological polar surface area (TPSA) is 68.3 Å². The minimum absolute atomic E-state index is 0.207. The van der Waals surface area contributed by atoms with Crippen molar-refractivity contribution in [1.82, 2.24) is 9.80 Å². The molecule has 0 N–H and O–H groups in total. The molecule has 1 aromatic rings. The standard InChI is InChI=1S/C16H17ClN2O5S/c1-18-11(15(21)19(16(18)25)8-14(20)24-4)5-9-6-12(22-2)13(23-3)7-10(9)17/h5-7H,8H2,1-4H3/b11-5-. The molecular formula is C16H17ClN2O5S. The highest BCUT2D eigenvalue weighted by molar-refractivity contribution is 7.80. The molecule has 9 heteroatoms. The van der Waals surface area contributed by atoms with Crippen LogP contribution in [-0.4, -0.2) is 61.7 Å². The average molecular weight is 385 g/mol. The summed E-state index contributed by atoms with van der Waals surface area (Å²) < 4.78 is 15.0. The summed E-state index contributed by atoms with van der Waals surface area (Å²) in [7, 11) is 5.89. The monoisotopic (exact) mass is 384 g/mol. The lowest BCUT2D eigenvalue weighted by molar-refractivity contribution is -0.143. The molecule has 1 aliphatic heterocycles. The van der Waals surface area contributed by atoms with Crippen molar-refractivity contribution in [2.24, 2.45) is 0 Å². The van der Waals surface area contributed by atoms with Crippen LogP contribution in [0.2, 0.25) is 5.02 Å². The summed E-state index contributed by atoms with van der Waals surface area (Å²) in [6.45, 7) is -0.254. The molecule has 0 unspecified atom stereocenters. The van der Waals surface area contributed by atoms with Gasteiger partial charge in [0.1, 0.15) is 12.2 Å². The van der Waals surface area contributed by atoms with Gasteiger partial charge in [0.15, 0.2) is 16.6 Å². The van der Waals surface area contributed by atoms with Crippen LogP contribution < -0.4 is 9.47 Å². The second-order valence-electron chi connectivity index (χ2n) is 5.07. The summed E-state index contributed by atoms with van der Waals surface area (Å²) in [6, 6.07) is 3.25. The SMILES string of the molecule is COC(=O)CN1C(=O)/C(=C/c2cc(OC)c(OC)cc2Cl)N(C)C1=S. The second kappa shape index (κ2) is 7.71. The van der Waals surface area contributed by atoms with E-state index >= 15 is 0 Å². The van der Waals surface area contributed by atoms with Gasteiger partial charge >= 0.3 is 5.97 Å². The number of carbonyl (C=O) groups is 2. The van der Waals surface area contributed by atoms with Crippen molar-refractivity contribution in [1.29, 1.82) is 0 Å². The Balaban J connectivity index is 2.42. The molecule has 1 saturated heterocycles. The van der Waals surface area contributed by atoms with Crippen LogP contribution in [0.15, 0.2) is 17.8 Å². The summed E-state index contributed by atoms with van der Waals surface area (Å²) in [4.78, 5) is 26.7. The lowest BCUT2D eigenvalue weighted by Gasteiger charge is -2.14. The zero-order chi connectivity index (χ0) is 18.7. The van der Waals surface area contributed by atoms with E-state index in [1.165, 1.54) is 31.1 Å². The largest absolute Gasteiger partial charge is 0.493 e. The van der Waals surface area contributed by atoms with Crippen molar-refractivity contribution in [2.45, 2.75) is 0 Å². The molecule has 1 amide bonds. The summed E-state index contributed by atoms with van der Waals surface area (Å²) in [5, 5.41) is 0.585. The lowest BCUT2D eigenvalue weighted by Crippen LogP contribution is -2.36. The number of amides is 1.